The van der Waals surface area contributed by atoms with Crippen LogP contribution in [-0.4, -0.2) is 30.3 Å². The number of hydrogen-bond donors (Lipinski definition) is 3. The number of nitrogens with one attached hydrogen (secondary N) is 2. The molecule has 1 amide bonds. The van der Waals surface area contributed by atoms with Gasteiger partial charge in [-0.25, -0.2) is 17.6 Å². The molecule has 0 radical (unpaired) electrons. The minimum atomic E-state index is -3.48. The number of phenols is 1. The van der Waals surface area contributed by atoms with Crippen LogP contribution in [0, 0.1) is 0 Å². The van der Waals surface area contributed by atoms with Crippen LogP contribution in [-0.2, 0) is 28.4 Å². The van der Waals surface area contributed by atoms with Gasteiger partial charge >= 0.3 is 0 Å². The molecule has 2 rings (SSSR count). The molecule has 0 spiro atoms. The number of carbonyl (C=O) groups is 1. The van der Waals surface area contributed by atoms with Crippen LogP contribution in [0.25, 0.3) is 0 Å². The largest absolute Gasteiger partial charge is 1.00 e. The quantitative estimate of drug-likeness (QED) is 0.391. The van der Waals surface area contributed by atoms with Crippen molar-refractivity contribution in [1.29, 1.82) is 0 Å². The molecule has 0 aliphatic heterocycles. The minimum Gasteiger partial charge on any atom is -1.00 e. The lowest BCUT2D eigenvalue weighted by Gasteiger charge is -2.09. The number of aromatic nitrogens is 2. The SMILES string of the molecule is C[n+]1ccn(CC(=O)Nc2ccc(NS(C)(=O)=O)c(O)c2)c1.[Cl-]. The number of anilines is 2. The minimum absolute atomic E-state index is 0. The van der Waals surface area contributed by atoms with Crippen LogP contribution < -0.4 is 27.0 Å². The maximum Gasteiger partial charge on any atom is 0.266 e. The van der Waals surface area contributed by atoms with Gasteiger partial charge in [-0.2, -0.15) is 0 Å². The van der Waals surface area contributed by atoms with E-state index in [-0.39, 0.29) is 36.3 Å². The average Bonchev–Trinajstić information content (AvgIpc) is 2.76. The molecule has 1 heterocycles. The summed E-state index contributed by atoms with van der Waals surface area (Å²) in [5, 5.41) is 12.4. The number of nitrogens with zero attached hydrogens (tertiary/aromatic N) is 2. The van der Waals surface area contributed by atoms with Crippen LogP contribution in [0.3, 0.4) is 0 Å². The van der Waals surface area contributed by atoms with Crippen molar-refractivity contribution in [2.75, 3.05) is 16.3 Å². The van der Waals surface area contributed by atoms with E-state index < -0.39 is 10.0 Å². The van der Waals surface area contributed by atoms with Crippen molar-refractivity contribution < 1.29 is 35.3 Å². The molecule has 1 aromatic carbocycles. The molecule has 0 bridgehead atoms. The summed E-state index contributed by atoms with van der Waals surface area (Å²) in [5.74, 6) is -0.532. The predicted molar refractivity (Wildman–Crippen MR) is 80.8 cm³/mol. The van der Waals surface area contributed by atoms with Gasteiger partial charge in [0.25, 0.3) is 5.91 Å². The second kappa shape index (κ2) is 7.34. The van der Waals surface area contributed by atoms with Gasteiger partial charge in [-0.15, -0.1) is 0 Å². The third-order valence-electron chi connectivity index (χ3n) is 2.73. The number of benzene rings is 1. The zero-order valence-corrected chi connectivity index (χ0v) is 14.1. The Hall–Kier alpha value is -2.26. The summed E-state index contributed by atoms with van der Waals surface area (Å²) in [6.45, 7) is 0.130. The van der Waals surface area contributed by atoms with E-state index in [4.69, 9.17) is 0 Å². The molecule has 0 atom stereocenters. The predicted octanol–water partition coefficient (Wildman–Crippen LogP) is -2.97. The number of aryl methyl sites for hydroxylation is 1. The Labute approximate surface area is 140 Å². The molecule has 0 saturated heterocycles. The molecule has 23 heavy (non-hydrogen) atoms. The maximum atomic E-state index is 11.9. The Morgan fingerprint density at radius 3 is 2.61 bits per heavy atom. The van der Waals surface area contributed by atoms with Crippen molar-refractivity contribution in [3.05, 3.63) is 36.9 Å². The van der Waals surface area contributed by atoms with E-state index in [2.05, 4.69) is 10.0 Å². The van der Waals surface area contributed by atoms with Crippen molar-refractivity contribution >= 4 is 27.3 Å². The number of amides is 1. The maximum absolute atomic E-state index is 11.9. The molecule has 3 N–H and O–H groups in total. The number of imidazole rings is 1. The Bertz CT molecular complexity index is 804. The second-order valence-corrected chi connectivity index (χ2v) is 6.65. The Kier molecular flexibility index (Phi) is 5.99. The van der Waals surface area contributed by atoms with Gasteiger partial charge in [0.15, 0.2) is 6.54 Å². The highest BCUT2D eigenvalue weighted by Crippen LogP contribution is 2.27. The molecule has 1 aromatic heterocycles. The molecule has 126 valence electrons. The average molecular weight is 361 g/mol. The summed E-state index contributed by atoms with van der Waals surface area (Å²) in [6, 6.07) is 4.16. The van der Waals surface area contributed by atoms with Crippen LogP contribution in [0.15, 0.2) is 36.9 Å². The Morgan fingerprint density at radius 1 is 1.39 bits per heavy atom. The highest BCUT2D eigenvalue weighted by molar-refractivity contribution is 7.92. The van der Waals surface area contributed by atoms with Gasteiger partial charge in [-0.3, -0.25) is 9.52 Å². The molecular weight excluding hydrogens is 344 g/mol. The first kappa shape index (κ1) is 18.8. The molecule has 0 aliphatic carbocycles. The Morgan fingerprint density at radius 2 is 2.09 bits per heavy atom. The van der Waals surface area contributed by atoms with Crippen LogP contribution in [0.5, 0.6) is 5.75 Å². The van der Waals surface area contributed by atoms with E-state index in [0.29, 0.717) is 5.69 Å². The summed E-state index contributed by atoms with van der Waals surface area (Å²) >= 11 is 0. The van der Waals surface area contributed by atoms with Crippen molar-refractivity contribution in [3.8, 4) is 5.75 Å². The zero-order valence-electron chi connectivity index (χ0n) is 12.5. The van der Waals surface area contributed by atoms with Crippen molar-refractivity contribution in [2.45, 2.75) is 6.54 Å². The van der Waals surface area contributed by atoms with E-state index in [1.165, 1.54) is 18.2 Å². The first-order chi connectivity index (χ1) is 10.2. The normalized spacial score (nSPS) is 10.7. The number of carbonyl (C=O) groups excluding carboxylic acids is 1. The third kappa shape index (κ3) is 5.80. The zero-order chi connectivity index (χ0) is 16.3. The van der Waals surface area contributed by atoms with E-state index in [1.807, 2.05) is 17.8 Å². The highest BCUT2D eigenvalue weighted by Gasteiger charge is 2.11. The lowest BCUT2D eigenvalue weighted by molar-refractivity contribution is -0.671. The van der Waals surface area contributed by atoms with E-state index in [0.717, 1.165) is 6.26 Å². The van der Waals surface area contributed by atoms with Gasteiger partial charge in [-0.1, -0.05) is 0 Å². The van der Waals surface area contributed by atoms with E-state index in [9.17, 15) is 18.3 Å². The first-order valence-electron chi connectivity index (χ1n) is 6.34. The van der Waals surface area contributed by atoms with Crippen LogP contribution in [0.1, 0.15) is 0 Å². The van der Waals surface area contributed by atoms with Crippen molar-refractivity contribution in [2.24, 2.45) is 7.05 Å². The smallest absolute Gasteiger partial charge is 0.266 e. The molecule has 0 aliphatic rings. The number of halogens is 1. The summed E-state index contributed by atoms with van der Waals surface area (Å²) in [7, 11) is -1.63. The number of sulfonamides is 1. The lowest BCUT2D eigenvalue weighted by atomic mass is 10.2. The molecular formula is C13H17ClN4O4S. The summed E-state index contributed by atoms with van der Waals surface area (Å²) in [6.07, 6.45) is 6.32. The van der Waals surface area contributed by atoms with Crippen molar-refractivity contribution in [1.82, 2.24) is 4.57 Å². The fraction of sp³-hybridized carbons (Fsp3) is 0.231. The van der Waals surface area contributed by atoms with Gasteiger partial charge < -0.3 is 22.8 Å². The number of rotatable bonds is 5. The molecule has 0 unspecified atom stereocenters. The molecule has 2 aromatic rings. The van der Waals surface area contributed by atoms with Gasteiger partial charge in [0, 0.05) is 11.8 Å². The van der Waals surface area contributed by atoms with Gasteiger partial charge in [-0.05, 0) is 12.1 Å². The lowest BCUT2D eigenvalue weighted by Crippen LogP contribution is -3.00. The summed E-state index contributed by atoms with van der Waals surface area (Å²) in [5.41, 5.74) is 0.427. The van der Waals surface area contributed by atoms with Gasteiger partial charge in [0.1, 0.15) is 18.1 Å². The number of aromatic hydroxyl groups is 1. The van der Waals surface area contributed by atoms with Crippen LogP contribution >= 0.6 is 0 Å². The third-order valence-corrected chi connectivity index (χ3v) is 3.32. The summed E-state index contributed by atoms with van der Waals surface area (Å²) in [4.78, 5) is 11.9. The van der Waals surface area contributed by atoms with Crippen LogP contribution in [0.4, 0.5) is 11.4 Å². The topological polar surface area (TPSA) is 104 Å². The number of hydrogen-bond acceptors (Lipinski definition) is 4. The highest BCUT2D eigenvalue weighted by atomic mass is 35.5. The molecule has 0 saturated carbocycles. The molecule has 0 fully saturated rings. The standard InChI is InChI=1S/C13H16N4O4S.ClH/c1-16-5-6-17(9-16)8-13(19)14-10-3-4-11(12(18)7-10)15-22(2,20)21;/h3-7,9,15H,8H2,1-2H3,(H-,14,18,19);1H. The molecule has 8 nitrogen and oxygen atoms in total. The van der Waals surface area contributed by atoms with Gasteiger partial charge in [0.2, 0.25) is 16.4 Å². The van der Waals surface area contributed by atoms with Crippen LogP contribution in [0.2, 0.25) is 0 Å². The van der Waals surface area contributed by atoms with E-state index >= 15 is 0 Å². The first-order valence-corrected chi connectivity index (χ1v) is 8.24. The second-order valence-electron chi connectivity index (χ2n) is 4.91. The number of phenolic OH excluding ortho intramolecular Hbond substituents is 1. The van der Waals surface area contributed by atoms with E-state index in [1.54, 1.807) is 17.1 Å². The Balaban J connectivity index is 0.00000264. The summed E-state index contributed by atoms with van der Waals surface area (Å²) < 4.78 is 27.9. The monoisotopic (exact) mass is 360 g/mol. The van der Waals surface area contributed by atoms with Crippen molar-refractivity contribution in [3.63, 3.8) is 0 Å². The fourth-order valence-corrected chi connectivity index (χ4v) is 2.43. The molecule has 10 heteroatoms. The van der Waals surface area contributed by atoms with Gasteiger partial charge in [0.05, 0.1) is 19.0 Å². The fourth-order valence-electron chi connectivity index (χ4n) is 1.86.